The van der Waals surface area contributed by atoms with E-state index in [1.54, 1.807) is 12.1 Å². The van der Waals surface area contributed by atoms with Crippen molar-refractivity contribution in [2.75, 3.05) is 7.11 Å². The summed E-state index contributed by atoms with van der Waals surface area (Å²) in [5.41, 5.74) is 2.45. The second-order valence-electron chi connectivity index (χ2n) is 5.62. The van der Waals surface area contributed by atoms with Crippen molar-refractivity contribution in [1.82, 2.24) is 10.3 Å². The molecule has 0 unspecified atom stereocenters. The van der Waals surface area contributed by atoms with Gasteiger partial charge in [-0.05, 0) is 58.5 Å². The molecule has 1 amide bonds. The van der Waals surface area contributed by atoms with E-state index in [4.69, 9.17) is 4.74 Å². The van der Waals surface area contributed by atoms with E-state index in [0.29, 0.717) is 12.0 Å². The summed E-state index contributed by atoms with van der Waals surface area (Å²) in [6.45, 7) is 0. The summed E-state index contributed by atoms with van der Waals surface area (Å²) in [6, 6.07) is 14.2. The number of carbonyl (C=O) groups is 2. The van der Waals surface area contributed by atoms with Gasteiger partial charge < -0.3 is 15.0 Å². The molecular weight excluding hydrogens is 431 g/mol. The summed E-state index contributed by atoms with van der Waals surface area (Å²) in [5, 5.41) is 3.80. The van der Waals surface area contributed by atoms with Gasteiger partial charge in [-0.2, -0.15) is 0 Å². The Labute approximate surface area is 158 Å². The number of methoxy groups -OCH3 is 1. The van der Waals surface area contributed by atoms with Gasteiger partial charge in [0, 0.05) is 32.7 Å². The van der Waals surface area contributed by atoms with Crippen LogP contribution in [-0.4, -0.2) is 30.0 Å². The van der Waals surface area contributed by atoms with Crippen LogP contribution in [0.25, 0.3) is 10.9 Å². The van der Waals surface area contributed by atoms with Crippen LogP contribution in [0.4, 0.5) is 0 Å². The van der Waals surface area contributed by atoms with Crippen molar-refractivity contribution in [2.45, 2.75) is 12.5 Å². The predicted octanol–water partition coefficient (Wildman–Crippen LogP) is 3.29. The Morgan fingerprint density at radius 3 is 2.60 bits per heavy atom. The molecule has 128 valence electrons. The lowest BCUT2D eigenvalue weighted by molar-refractivity contribution is -0.142. The summed E-state index contributed by atoms with van der Waals surface area (Å²) < 4.78 is 5.90. The van der Waals surface area contributed by atoms with Crippen LogP contribution in [0.3, 0.4) is 0 Å². The van der Waals surface area contributed by atoms with E-state index in [9.17, 15) is 9.59 Å². The normalized spacial score (nSPS) is 11.9. The number of halogens is 1. The maximum absolute atomic E-state index is 12.4. The third kappa shape index (κ3) is 4.01. The molecule has 3 rings (SSSR count). The first-order valence-electron chi connectivity index (χ1n) is 7.77. The molecule has 0 aliphatic heterocycles. The third-order valence-electron chi connectivity index (χ3n) is 4.00. The van der Waals surface area contributed by atoms with E-state index in [0.717, 1.165) is 20.0 Å². The van der Waals surface area contributed by atoms with Crippen molar-refractivity contribution in [3.05, 3.63) is 69.4 Å². The number of esters is 1. The second-order valence-corrected chi connectivity index (χ2v) is 6.87. The average Bonchev–Trinajstić information content (AvgIpc) is 3.04. The highest BCUT2D eigenvalue weighted by molar-refractivity contribution is 14.1. The number of hydrogen-bond acceptors (Lipinski definition) is 3. The summed E-state index contributed by atoms with van der Waals surface area (Å²) >= 11 is 2.17. The Bertz CT molecular complexity index is 902. The quantitative estimate of drug-likeness (QED) is 0.465. The third-order valence-corrected chi connectivity index (χ3v) is 4.72. The van der Waals surface area contributed by atoms with Crippen LogP contribution in [0.5, 0.6) is 0 Å². The Hall–Kier alpha value is -2.35. The fraction of sp³-hybridized carbons (Fsp3) is 0.158. The van der Waals surface area contributed by atoms with E-state index in [-0.39, 0.29) is 5.91 Å². The molecule has 0 saturated carbocycles. The van der Waals surface area contributed by atoms with Crippen molar-refractivity contribution in [3.8, 4) is 0 Å². The SMILES string of the molecule is COC(=O)[C@@H](Cc1c[nH]c2ccccc12)NC(=O)c1ccc(I)cc1. The number of rotatable bonds is 5. The average molecular weight is 448 g/mol. The molecule has 1 atom stereocenters. The van der Waals surface area contributed by atoms with Crippen molar-refractivity contribution in [2.24, 2.45) is 0 Å². The molecule has 0 aliphatic carbocycles. The molecule has 0 aliphatic rings. The van der Waals surface area contributed by atoms with Gasteiger partial charge in [-0.1, -0.05) is 18.2 Å². The number of nitrogens with one attached hydrogen (secondary N) is 2. The Kier molecular flexibility index (Phi) is 5.37. The van der Waals surface area contributed by atoms with Crippen LogP contribution >= 0.6 is 22.6 Å². The highest BCUT2D eigenvalue weighted by Crippen LogP contribution is 2.19. The monoisotopic (exact) mass is 448 g/mol. The van der Waals surface area contributed by atoms with Crippen molar-refractivity contribution in [3.63, 3.8) is 0 Å². The van der Waals surface area contributed by atoms with Gasteiger partial charge in [0.2, 0.25) is 0 Å². The van der Waals surface area contributed by atoms with Gasteiger partial charge >= 0.3 is 5.97 Å². The summed E-state index contributed by atoms with van der Waals surface area (Å²) in [4.78, 5) is 27.8. The molecule has 25 heavy (non-hydrogen) atoms. The largest absolute Gasteiger partial charge is 0.467 e. The Morgan fingerprint density at radius 2 is 1.88 bits per heavy atom. The van der Waals surface area contributed by atoms with Gasteiger partial charge in [-0.25, -0.2) is 4.79 Å². The van der Waals surface area contributed by atoms with E-state index in [1.165, 1.54) is 7.11 Å². The van der Waals surface area contributed by atoms with Crippen LogP contribution in [-0.2, 0) is 16.0 Å². The first-order valence-corrected chi connectivity index (χ1v) is 8.85. The lowest BCUT2D eigenvalue weighted by Crippen LogP contribution is -2.43. The zero-order chi connectivity index (χ0) is 17.8. The Morgan fingerprint density at radius 1 is 1.16 bits per heavy atom. The number of aromatic nitrogens is 1. The molecule has 1 aromatic heterocycles. The van der Waals surface area contributed by atoms with E-state index < -0.39 is 12.0 Å². The number of H-pyrrole nitrogens is 1. The molecule has 0 bridgehead atoms. The van der Waals surface area contributed by atoms with Crippen LogP contribution in [0, 0.1) is 3.57 Å². The topological polar surface area (TPSA) is 71.2 Å². The van der Waals surface area contributed by atoms with Crippen molar-refractivity contribution in [1.29, 1.82) is 0 Å². The summed E-state index contributed by atoms with van der Waals surface area (Å²) in [6.07, 6.45) is 2.21. The van der Waals surface area contributed by atoms with E-state index in [2.05, 4.69) is 32.9 Å². The maximum Gasteiger partial charge on any atom is 0.328 e. The number of benzene rings is 2. The fourth-order valence-electron chi connectivity index (χ4n) is 2.70. The van der Waals surface area contributed by atoms with E-state index in [1.807, 2.05) is 42.6 Å². The highest BCUT2D eigenvalue weighted by Gasteiger charge is 2.23. The molecule has 2 N–H and O–H groups in total. The van der Waals surface area contributed by atoms with Crippen LogP contribution in [0.15, 0.2) is 54.7 Å². The zero-order valence-corrected chi connectivity index (χ0v) is 15.7. The van der Waals surface area contributed by atoms with Gasteiger partial charge in [0.15, 0.2) is 0 Å². The molecular formula is C19H17IN2O3. The summed E-state index contributed by atoms with van der Waals surface area (Å²) in [7, 11) is 1.32. The summed E-state index contributed by atoms with van der Waals surface area (Å²) in [5.74, 6) is -0.768. The number of para-hydroxylation sites is 1. The number of ether oxygens (including phenoxy) is 1. The number of hydrogen-bond donors (Lipinski definition) is 2. The standard InChI is InChI=1S/C19H17IN2O3/c1-25-19(24)17(22-18(23)12-6-8-14(20)9-7-12)10-13-11-21-16-5-3-2-4-15(13)16/h2-9,11,17,21H,10H2,1H3,(H,22,23)/t17-/m1/s1. The van der Waals surface area contributed by atoms with Gasteiger partial charge in [0.1, 0.15) is 6.04 Å². The van der Waals surface area contributed by atoms with Gasteiger partial charge in [0.25, 0.3) is 5.91 Å². The van der Waals surface area contributed by atoms with Gasteiger partial charge in [-0.3, -0.25) is 4.79 Å². The van der Waals surface area contributed by atoms with Crippen molar-refractivity contribution < 1.29 is 14.3 Å². The molecule has 5 nitrogen and oxygen atoms in total. The molecule has 3 aromatic rings. The van der Waals surface area contributed by atoms with Crippen LogP contribution in [0.2, 0.25) is 0 Å². The highest BCUT2D eigenvalue weighted by atomic mass is 127. The fourth-order valence-corrected chi connectivity index (χ4v) is 3.06. The maximum atomic E-state index is 12.4. The molecule has 1 heterocycles. The minimum absolute atomic E-state index is 0.299. The Balaban J connectivity index is 1.81. The molecule has 0 spiro atoms. The number of carbonyl (C=O) groups excluding carboxylic acids is 2. The van der Waals surface area contributed by atoms with E-state index >= 15 is 0 Å². The predicted molar refractivity (Wildman–Crippen MR) is 104 cm³/mol. The first-order chi connectivity index (χ1) is 12.1. The first kappa shape index (κ1) is 17.5. The zero-order valence-electron chi connectivity index (χ0n) is 13.6. The van der Waals surface area contributed by atoms with Gasteiger partial charge in [-0.15, -0.1) is 0 Å². The molecule has 6 heteroatoms. The molecule has 2 aromatic carbocycles. The number of aromatic amines is 1. The minimum atomic E-state index is -0.754. The molecule has 0 radical (unpaired) electrons. The molecule has 0 saturated heterocycles. The van der Waals surface area contributed by atoms with Crippen LogP contribution < -0.4 is 5.32 Å². The van der Waals surface area contributed by atoms with Crippen LogP contribution in [0.1, 0.15) is 15.9 Å². The number of amides is 1. The van der Waals surface area contributed by atoms with Gasteiger partial charge in [0.05, 0.1) is 7.11 Å². The second kappa shape index (κ2) is 7.69. The lowest BCUT2D eigenvalue weighted by atomic mass is 10.0. The van der Waals surface area contributed by atoms with Crippen molar-refractivity contribution >= 4 is 45.4 Å². The smallest absolute Gasteiger partial charge is 0.328 e. The number of fused-ring (bicyclic) bond motifs is 1. The lowest BCUT2D eigenvalue weighted by Gasteiger charge is -2.16. The molecule has 0 fully saturated rings. The minimum Gasteiger partial charge on any atom is -0.467 e.